The number of aryl methyl sites for hydroxylation is 2. The normalized spacial score (nSPS) is 11.9. The molecular weight excluding hydrogens is 317 g/mol. The van der Waals surface area contributed by atoms with E-state index in [9.17, 15) is 13.2 Å². The maximum atomic E-state index is 13.1. The summed E-state index contributed by atoms with van der Waals surface area (Å²) in [5.41, 5.74) is 2.64. The molecule has 0 radical (unpaired) electrons. The molecule has 0 spiro atoms. The van der Waals surface area contributed by atoms with Crippen molar-refractivity contribution in [3.05, 3.63) is 53.0 Å². The first-order valence-corrected chi connectivity index (χ1v) is 7.47. The van der Waals surface area contributed by atoms with Gasteiger partial charge in [0.1, 0.15) is 0 Å². The van der Waals surface area contributed by atoms with E-state index < -0.39 is 11.9 Å². The van der Waals surface area contributed by atoms with E-state index in [1.165, 1.54) is 17.9 Å². The lowest BCUT2D eigenvalue weighted by molar-refractivity contribution is -0.142. The van der Waals surface area contributed by atoms with Crippen molar-refractivity contribution in [2.75, 3.05) is 5.32 Å². The number of anilines is 1. The number of para-hydroxylation sites is 1. The van der Waals surface area contributed by atoms with Crippen molar-refractivity contribution in [1.82, 2.24) is 14.8 Å². The molecule has 3 aromatic rings. The monoisotopic (exact) mass is 334 g/mol. The van der Waals surface area contributed by atoms with Crippen LogP contribution in [0.1, 0.15) is 22.5 Å². The first-order valence-electron chi connectivity index (χ1n) is 7.47. The van der Waals surface area contributed by atoms with Gasteiger partial charge in [-0.25, -0.2) is 0 Å². The van der Waals surface area contributed by atoms with Crippen LogP contribution in [-0.4, -0.2) is 14.8 Å². The van der Waals surface area contributed by atoms with E-state index in [1.54, 1.807) is 0 Å². The zero-order valence-corrected chi connectivity index (χ0v) is 13.6. The Bertz CT molecular complexity index is 897. The quantitative estimate of drug-likeness (QED) is 0.780. The average Bonchev–Trinajstić information content (AvgIpc) is 2.89. The van der Waals surface area contributed by atoms with Gasteiger partial charge in [0.05, 0.1) is 5.52 Å². The number of pyridine rings is 1. The van der Waals surface area contributed by atoms with Crippen molar-refractivity contribution >= 4 is 16.6 Å². The highest BCUT2D eigenvalue weighted by atomic mass is 19.4. The Hall–Kier alpha value is -2.57. The number of benzene rings is 1. The molecule has 3 rings (SSSR count). The van der Waals surface area contributed by atoms with Crippen LogP contribution in [-0.2, 0) is 19.8 Å². The highest BCUT2D eigenvalue weighted by Gasteiger charge is 2.36. The molecule has 1 N–H and O–H groups in total. The smallest absolute Gasteiger partial charge is 0.380 e. The van der Waals surface area contributed by atoms with Crippen LogP contribution in [0.5, 0.6) is 0 Å². The maximum Gasteiger partial charge on any atom is 0.435 e. The number of aromatic nitrogens is 3. The fourth-order valence-corrected chi connectivity index (χ4v) is 2.75. The molecular formula is C17H17F3N4. The lowest BCUT2D eigenvalue weighted by Crippen LogP contribution is -2.12. The van der Waals surface area contributed by atoms with Crippen LogP contribution < -0.4 is 5.32 Å². The second kappa shape index (κ2) is 5.81. The minimum Gasteiger partial charge on any atom is -0.380 e. The molecule has 2 aromatic heterocycles. The molecule has 24 heavy (non-hydrogen) atoms. The number of hydrogen-bond donors (Lipinski definition) is 1. The third-order valence-electron chi connectivity index (χ3n) is 4.01. The zero-order chi connectivity index (χ0) is 17.5. The second-order valence-electron chi connectivity index (χ2n) is 5.74. The van der Waals surface area contributed by atoms with Gasteiger partial charge in [-0.05, 0) is 25.5 Å². The third-order valence-corrected chi connectivity index (χ3v) is 4.01. The van der Waals surface area contributed by atoms with Crippen molar-refractivity contribution in [2.45, 2.75) is 26.6 Å². The van der Waals surface area contributed by atoms with Crippen LogP contribution in [0.15, 0.2) is 30.5 Å². The van der Waals surface area contributed by atoms with Crippen LogP contribution in [0.25, 0.3) is 10.9 Å². The molecule has 7 heteroatoms. The van der Waals surface area contributed by atoms with Crippen molar-refractivity contribution in [3.8, 4) is 0 Å². The molecule has 0 saturated heterocycles. The summed E-state index contributed by atoms with van der Waals surface area (Å²) in [5, 5.41) is 7.57. The summed E-state index contributed by atoms with van der Waals surface area (Å²) in [6.07, 6.45) is -3.08. The zero-order valence-electron chi connectivity index (χ0n) is 13.6. The van der Waals surface area contributed by atoms with Gasteiger partial charge in [-0.3, -0.25) is 9.67 Å². The van der Waals surface area contributed by atoms with Crippen LogP contribution in [0.4, 0.5) is 18.9 Å². The van der Waals surface area contributed by atoms with E-state index >= 15 is 0 Å². The fraction of sp³-hybridized carbons (Fsp3) is 0.294. The van der Waals surface area contributed by atoms with Crippen LogP contribution >= 0.6 is 0 Å². The van der Waals surface area contributed by atoms with E-state index in [1.807, 2.05) is 38.1 Å². The Labute approximate surface area is 137 Å². The van der Waals surface area contributed by atoms with Crippen LogP contribution in [0.3, 0.4) is 0 Å². The molecule has 1 aromatic carbocycles. The lowest BCUT2D eigenvalue weighted by atomic mass is 10.1. The molecule has 2 heterocycles. The molecule has 0 saturated carbocycles. The topological polar surface area (TPSA) is 42.7 Å². The second-order valence-corrected chi connectivity index (χ2v) is 5.74. The number of rotatable bonds is 3. The predicted molar refractivity (Wildman–Crippen MR) is 86.8 cm³/mol. The van der Waals surface area contributed by atoms with Crippen molar-refractivity contribution in [1.29, 1.82) is 0 Å². The average molecular weight is 334 g/mol. The molecule has 0 aliphatic carbocycles. The van der Waals surface area contributed by atoms with Crippen LogP contribution in [0, 0.1) is 13.8 Å². The van der Waals surface area contributed by atoms with Crippen LogP contribution in [0.2, 0.25) is 0 Å². The van der Waals surface area contributed by atoms with Gasteiger partial charge in [-0.2, -0.15) is 18.3 Å². The number of alkyl halides is 3. The highest BCUT2D eigenvalue weighted by molar-refractivity contribution is 5.93. The number of hydrogen-bond acceptors (Lipinski definition) is 3. The summed E-state index contributed by atoms with van der Waals surface area (Å²) >= 11 is 0. The summed E-state index contributed by atoms with van der Waals surface area (Å²) in [5.74, 6) is 0. The Morgan fingerprint density at radius 1 is 1.17 bits per heavy atom. The van der Waals surface area contributed by atoms with E-state index in [4.69, 9.17) is 0 Å². The van der Waals surface area contributed by atoms with Gasteiger partial charge in [-0.1, -0.05) is 18.2 Å². The standard InChI is InChI=1S/C17H17F3N4/c1-10-11(2)22-14-7-5-4-6-13(14)15(10)21-8-12-9-24(3)23-16(12)17(18,19)20/h4-7,9H,8H2,1-3H3,(H,21,22). The van der Waals surface area contributed by atoms with Crippen molar-refractivity contribution in [2.24, 2.45) is 7.05 Å². The highest BCUT2D eigenvalue weighted by Crippen LogP contribution is 2.32. The maximum absolute atomic E-state index is 13.1. The largest absolute Gasteiger partial charge is 0.435 e. The minimum absolute atomic E-state index is 0.0387. The van der Waals surface area contributed by atoms with Gasteiger partial charge in [0.25, 0.3) is 0 Å². The van der Waals surface area contributed by atoms with Gasteiger partial charge in [0, 0.05) is 42.1 Å². The Kier molecular flexibility index (Phi) is 3.95. The molecule has 0 aliphatic rings. The summed E-state index contributed by atoms with van der Waals surface area (Å²) in [6, 6.07) is 7.56. The number of nitrogens with one attached hydrogen (secondary N) is 1. The van der Waals surface area contributed by atoms with Crippen molar-refractivity contribution < 1.29 is 13.2 Å². The number of fused-ring (bicyclic) bond motifs is 1. The van der Waals surface area contributed by atoms with Crippen molar-refractivity contribution in [3.63, 3.8) is 0 Å². The van der Waals surface area contributed by atoms with E-state index in [0.717, 1.165) is 27.8 Å². The summed E-state index contributed by atoms with van der Waals surface area (Å²) < 4.78 is 40.4. The summed E-state index contributed by atoms with van der Waals surface area (Å²) in [4.78, 5) is 4.52. The predicted octanol–water partition coefficient (Wildman–Crippen LogP) is 4.22. The van der Waals surface area contributed by atoms with Gasteiger partial charge in [0.2, 0.25) is 0 Å². The molecule has 126 valence electrons. The van der Waals surface area contributed by atoms with E-state index in [2.05, 4.69) is 15.4 Å². The summed E-state index contributed by atoms with van der Waals surface area (Å²) in [7, 11) is 1.48. The molecule has 4 nitrogen and oxygen atoms in total. The molecule has 0 fully saturated rings. The number of nitrogens with zero attached hydrogens (tertiary/aromatic N) is 3. The van der Waals surface area contributed by atoms with E-state index in [-0.39, 0.29) is 12.1 Å². The Morgan fingerprint density at radius 2 is 1.88 bits per heavy atom. The van der Waals surface area contributed by atoms with E-state index in [0.29, 0.717) is 0 Å². The fourth-order valence-electron chi connectivity index (χ4n) is 2.75. The molecule has 0 atom stereocenters. The Balaban J connectivity index is 1.99. The minimum atomic E-state index is -4.47. The first-order chi connectivity index (χ1) is 11.3. The lowest BCUT2D eigenvalue weighted by Gasteiger charge is -2.15. The molecule has 0 unspecified atom stereocenters. The SMILES string of the molecule is Cc1nc2ccccc2c(NCc2cn(C)nc2C(F)(F)F)c1C. The molecule has 0 bridgehead atoms. The first kappa shape index (κ1) is 16.3. The molecule has 0 aliphatic heterocycles. The number of halogens is 3. The van der Waals surface area contributed by atoms with Gasteiger partial charge >= 0.3 is 6.18 Å². The summed E-state index contributed by atoms with van der Waals surface area (Å²) in [6.45, 7) is 3.83. The van der Waals surface area contributed by atoms with Gasteiger partial charge in [-0.15, -0.1) is 0 Å². The third kappa shape index (κ3) is 2.93. The van der Waals surface area contributed by atoms with Gasteiger partial charge < -0.3 is 5.32 Å². The Morgan fingerprint density at radius 3 is 2.58 bits per heavy atom. The van der Waals surface area contributed by atoms with Gasteiger partial charge in [0.15, 0.2) is 5.69 Å². The molecule has 0 amide bonds.